The Morgan fingerprint density at radius 3 is 2.12 bits per heavy atom. The van der Waals surface area contributed by atoms with Gasteiger partial charge in [-0.15, -0.1) is 0 Å². The molecule has 3 rings (SSSR count). The van der Waals surface area contributed by atoms with E-state index in [0.717, 1.165) is 5.56 Å². The van der Waals surface area contributed by atoms with Crippen LogP contribution in [0.2, 0.25) is 0 Å². The predicted molar refractivity (Wildman–Crippen MR) is 103 cm³/mol. The van der Waals surface area contributed by atoms with Gasteiger partial charge in [0, 0.05) is 11.8 Å². The molecule has 26 heavy (non-hydrogen) atoms. The minimum absolute atomic E-state index is 0.291. The zero-order valence-electron chi connectivity index (χ0n) is 14.8. The van der Waals surface area contributed by atoms with E-state index in [9.17, 15) is 4.57 Å². The molecular formula is C20H21N2O3P. The van der Waals surface area contributed by atoms with Crippen LogP contribution in [0.5, 0.6) is 0 Å². The van der Waals surface area contributed by atoms with Gasteiger partial charge in [-0.1, -0.05) is 36.4 Å². The Hall–Kier alpha value is -2.33. The van der Waals surface area contributed by atoms with Crippen molar-refractivity contribution in [2.45, 2.75) is 13.8 Å². The van der Waals surface area contributed by atoms with E-state index >= 15 is 0 Å². The van der Waals surface area contributed by atoms with Crippen LogP contribution in [0, 0.1) is 0 Å². The van der Waals surface area contributed by atoms with Crippen molar-refractivity contribution in [1.82, 2.24) is 9.97 Å². The highest BCUT2D eigenvalue weighted by Gasteiger charge is 2.28. The first-order chi connectivity index (χ1) is 12.7. The third-order valence-electron chi connectivity index (χ3n) is 3.72. The highest BCUT2D eigenvalue weighted by Crippen LogP contribution is 2.47. The second-order valence-electron chi connectivity index (χ2n) is 5.51. The largest absolute Gasteiger partial charge is 0.361 e. The first-order valence-electron chi connectivity index (χ1n) is 8.55. The maximum Gasteiger partial charge on any atom is 0.361 e. The van der Waals surface area contributed by atoms with Crippen LogP contribution >= 0.6 is 7.60 Å². The van der Waals surface area contributed by atoms with Gasteiger partial charge in [0.05, 0.1) is 35.6 Å². The molecule has 1 aromatic carbocycles. The van der Waals surface area contributed by atoms with Crippen LogP contribution in [0.4, 0.5) is 0 Å². The number of aromatic nitrogens is 2. The molecule has 2 aromatic heterocycles. The van der Waals surface area contributed by atoms with Crippen LogP contribution in [0.25, 0.3) is 22.6 Å². The van der Waals surface area contributed by atoms with Gasteiger partial charge >= 0.3 is 7.60 Å². The second kappa shape index (κ2) is 8.37. The quantitative estimate of drug-likeness (QED) is 0.566. The van der Waals surface area contributed by atoms with Gasteiger partial charge in [-0.3, -0.25) is 9.55 Å². The smallest absolute Gasteiger partial charge is 0.305 e. The Kier molecular flexibility index (Phi) is 5.94. The minimum atomic E-state index is -3.43. The average Bonchev–Trinajstić information content (AvgIpc) is 2.69. The fraction of sp³-hybridized carbons (Fsp3) is 0.200. The van der Waals surface area contributed by atoms with Crippen molar-refractivity contribution >= 4 is 12.9 Å². The van der Waals surface area contributed by atoms with Gasteiger partial charge in [0.25, 0.3) is 0 Å². The van der Waals surface area contributed by atoms with E-state index < -0.39 is 7.60 Å². The van der Waals surface area contributed by atoms with E-state index in [0.29, 0.717) is 35.6 Å². The van der Waals surface area contributed by atoms with Gasteiger partial charge in [-0.2, -0.15) is 0 Å². The highest BCUT2D eigenvalue weighted by molar-refractivity contribution is 7.62. The van der Waals surface area contributed by atoms with E-state index in [4.69, 9.17) is 14.0 Å². The summed E-state index contributed by atoms with van der Waals surface area (Å²) in [5.74, 6) is 0. The van der Waals surface area contributed by atoms with E-state index in [2.05, 4.69) is 4.98 Å². The highest BCUT2D eigenvalue weighted by atomic mass is 31.2. The zero-order valence-corrected chi connectivity index (χ0v) is 15.7. The molecule has 3 aromatic rings. The number of benzene rings is 1. The van der Waals surface area contributed by atoms with Gasteiger partial charge in [0.15, 0.2) is 0 Å². The van der Waals surface area contributed by atoms with E-state index in [1.165, 1.54) is 0 Å². The lowest BCUT2D eigenvalue weighted by Crippen LogP contribution is -2.13. The second-order valence-corrected chi connectivity index (χ2v) is 7.54. The van der Waals surface area contributed by atoms with Gasteiger partial charge in [-0.25, -0.2) is 4.98 Å². The molecule has 0 atom stereocenters. The summed E-state index contributed by atoms with van der Waals surface area (Å²) in [6, 6.07) is 18.9. The summed E-state index contributed by atoms with van der Waals surface area (Å²) in [6.07, 6.45) is 1.70. The van der Waals surface area contributed by atoms with Crippen molar-refractivity contribution in [3.63, 3.8) is 0 Å². The SMILES string of the molecule is CCOP(=O)(OCC)c1cc(-c2ccccc2)nc(-c2ccccn2)c1. The average molecular weight is 368 g/mol. The third kappa shape index (κ3) is 4.07. The molecule has 0 bridgehead atoms. The lowest BCUT2D eigenvalue weighted by atomic mass is 10.1. The molecule has 6 heteroatoms. The fourth-order valence-corrected chi connectivity index (χ4v) is 4.22. The Labute approximate surface area is 153 Å². The normalized spacial score (nSPS) is 11.5. The molecule has 0 radical (unpaired) electrons. The summed E-state index contributed by atoms with van der Waals surface area (Å²) >= 11 is 0. The van der Waals surface area contributed by atoms with Crippen LogP contribution in [-0.2, 0) is 13.6 Å². The summed E-state index contributed by atoms with van der Waals surface area (Å²) in [4.78, 5) is 9.08. The molecule has 5 nitrogen and oxygen atoms in total. The molecule has 0 unspecified atom stereocenters. The van der Waals surface area contributed by atoms with Crippen LogP contribution in [0.15, 0.2) is 66.9 Å². The molecule has 0 aliphatic carbocycles. The summed E-state index contributed by atoms with van der Waals surface area (Å²) < 4.78 is 24.3. The van der Waals surface area contributed by atoms with Gasteiger partial charge in [0.1, 0.15) is 0 Å². The third-order valence-corrected chi connectivity index (χ3v) is 5.81. The molecule has 0 saturated heterocycles. The van der Waals surface area contributed by atoms with Crippen molar-refractivity contribution in [2.24, 2.45) is 0 Å². The number of rotatable bonds is 7. The number of nitrogens with zero attached hydrogens (tertiary/aromatic N) is 2. The van der Waals surface area contributed by atoms with E-state index in [-0.39, 0.29) is 0 Å². The number of hydrogen-bond donors (Lipinski definition) is 0. The van der Waals surface area contributed by atoms with E-state index in [1.807, 2.05) is 48.5 Å². The van der Waals surface area contributed by atoms with Crippen molar-refractivity contribution in [2.75, 3.05) is 13.2 Å². The molecule has 0 fully saturated rings. The monoisotopic (exact) mass is 368 g/mol. The first kappa shape index (κ1) is 18.5. The maximum atomic E-state index is 13.3. The van der Waals surface area contributed by atoms with Crippen molar-refractivity contribution < 1.29 is 13.6 Å². The first-order valence-corrected chi connectivity index (χ1v) is 10.1. The zero-order chi connectivity index (χ0) is 18.4. The maximum absolute atomic E-state index is 13.3. The number of hydrogen-bond acceptors (Lipinski definition) is 5. The molecule has 0 aliphatic heterocycles. The van der Waals surface area contributed by atoms with Crippen LogP contribution < -0.4 is 5.30 Å². The van der Waals surface area contributed by atoms with Crippen molar-refractivity contribution in [3.05, 3.63) is 66.9 Å². The summed E-state index contributed by atoms with van der Waals surface area (Å²) in [5.41, 5.74) is 2.95. The minimum Gasteiger partial charge on any atom is -0.305 e. The van der Waals surface area contributed by atoms with Gasteiger partial charge in [0.2, 0.25) is 0 Å². The molecule has 0 aliphatic rings. The molecular weight excluding hydrogens is 347 g/mol. The van der Waals surface area contributed by atoms with E-state index in [1.54, 1.807) is 32.2 Å². The predicted octanol–water partition coefficient (Wildman–Crippen LogP) is 4.70. The Bertz CT molecular complexity index is 834. The Balaban J connectivity index is 2.19. The Morgan fingerprint density at radius 1 is 0.846 bits per heavy atom. The topological polar surface area (TPSA) is 61.3 Å². The lowest BCUT2D eigenvalue weighted by Gasteiger charge is -2.18. The van der Waals surface area contributed by atoms with Gasteiger partial charge in [-0.05, 0) is 38.1 Å². The standard InChI is InChI=1S/C20H21N2O3P/c1-3-24-26(23,25-4-2)17-14-19(16-10-6-5-7-11-16)22-20(15-17)18-12-8-9-13-21-18/h5-15H,3-4H2,1-2H3. The van der Waals surface area contributed by atoms with Crippen LogP contribution in [0.3, 0.4) is 0 Å². The molecule has 0 N–H and O–H groups in total. The molecule has 0 saturated carbocycles. The molecule has 2 heterocycles. The summed E-state index contributed by atoms with van der Waals surface area (Å²) in [5, 5.41) is 0.482. The fourth-order valence-electron chi connectivity index (χ4n) is 2.60. The van der Waals surface area contributed by atoms with Crippen molar-refractivity contribution in [3.8, 4) is 22.6 Å². The van der Waals surface area contributed by atoms with Crippen LogP contribution in [0.1, 0.15) is 13.8 Å². The summed E-state index contributed by atoms with van der Waals surface area (Å²) in [6.45, 7) is 4.17. The number of pyridine rings is 2. The van der Waals surface area contributed by atoms with Crippen LogP contribution in [-0.4, -0.2) is 23.2 Å². The lowest BCUT2D eigenvalue weighted by molar-refractivity contribution is 0.230. The molecule has 134 valence electrons. The van der Waals surface area contributed by atoms with Gasteiger partial charge < -0.3 is 9.05 Å². The molecule has 0 spiro atoms. The summed E-state index contributed by atoms with van der Waals surface area (Å²) in [7, 11) is -3.43. The van der Waals surface area contributed by atoms with Crippen molar-refractivity contribution in [1.29, 1.82) is 0 Å². The molecule has 0 amide bonds. The Morgan fingerprint density at radius 2 is 1.50 bits per heavy atom.